The maximum absolute atomic E-state index is 13.6. The number of halogens is 2. The lowest BCUT2D eigenvalue weighted by Gasteiger charge is -2.11. The first-order valence-electron chi connectivity index (χ1n) is 8.66. The fraction of sp³-hybridized carbons (Fsp3) is 0. The van der Waals surface area contributed by atoms with Crippen LogP contribution >= 0.6 is 0 Å². The highest BCUT2D eigenvalue weighted by Crippen LogP contribution is 2.24. The molecule has 0 aliphatic rings. The first-order chi connectivity index (χ1) is 14.4. The van der Waals surface area contributed by atoms with Crippen LogP contribution in [0, 0.1) is 21.7 Å². The van der Waals surface area contributed by atoms with E-state index in [1.54, 1.807) is 29.1 Å². The summed E-state index contributed by atoms with van der Waals surface area (Å²) >= 11 is 0. The van der Waals surface area contributed by atoms with Crippen molar-refractivity contribution in [2.24, 2.45) is 0 Å². The summed E-state index contributed by atoms with van der Waals surface area (Å²) in [6, 6.07) is 12.2. The number of nitro groups is 1. The molecule has 2 heterocycles. The molecular formula is C20H13F2N5O3. The lowest BCUT2D eigenvalue weighted by molar-refractivity contribution is -0.387. The number of nitrogens with zero attached hydrogens (tertiary/aromatic N) is 4. The minimum atomic E-state index is -1.00. The van der Waals surface area contributed by atoms with E-state index in [0.717, 1.165) is 12.1 Å². The molecule has 0 saturated carbocycles. The molecule has 2 aromatic heterocycles. The van der Waals surface area contributed by atoms with Crippen LogP contribution in [0.25, 0.3) is 11.5 Å². The van der Waals surface area contributed by atoms with E-state index in [0.29, 0.717) is 11.5 Å². The number of aromatic nitrogens is 3. The highest BCUT2D eigenvalue weighted by atomic mass is 19.1. The van der Waals surface area contributed by atoms with Crippen LogP contribution in [0.15, 0.2) is 73.2 Å². The molecule has 0 bridgehead atoms. The van der Waals surface area contributed by atoms with Crippen molar-refractivity contribution in [2.45, 2.75) is 0 Å². The largest absolute Gasteiger partial charge is 0.322 e. The Kier molecular flexibility index (Phi) is 4.80. The van der Waals surface area contributed by atoms with E-state index in [1.807, 2.05) is 0 Å². The molecule has 0 unspecified atom stereocenters. The van der Waals surface area contributed by atoms with Gasteiger partial charge in [0.1, 0.15) is 11.4 Å². The van der Waals surface area contributed by atoms with Gasteiger partial charge in [-0.05, 0) is 48.5 Å². The fourth-order valence-electron chi connectivity index (χ4n) is 2.93. The number of benzene rings is 2. The SMILES string of the molecule is O=C(Nc1ccc(F)c([N+](=O)[O-])c1)c1cnn(-c2ccc(F)cc2)c1-n1cccc1. The number of anilines is 1. The number of amides is 1. The monoisotopic (exact) mass is 409 g/mol. The molecule has 1 N–H and O–H groups in total. The Morgan fingerprint density at radius 3 is 2.43 bits per heavy atom. The lowest BCUT2D eigenvalue weighted by Crippen LogP contribution is -2.15. The highest BCUT2D eigenvalue weighted by molar-refractivity contribution is 6.06. The highest BCUT2D eigenvalue weighted by Gasteiger charge is 2.21. The molecule has 0 saturated heterocycles. The van der Waals surface area contributed by atoms with E-state index in [2.05, 4.69) is 10.4 Å². The number of carbonyl (C=O) groups is 1. The number of carbonyl (C=O) groups excluding carboxylic acids is 1. The zero-order chi connectivity index (χ0) is 21.3. The van der Waals surface area contributed by atoms with Gasteiger partial charge in [0.05, 0.1) is 16.8 Å². The average Bonchev–Trinajstić information content (AvgIpc) is 3.39. The van der Waals surface area contributed by atoms with Crippen LogP contribution in [0.1, 0.15) is 10.4 Å². The second-order valence-electron chi connectivity index (χ2n) is 6.24. The zero-order valence-electron chi connectivity index (χ0n) is 15.2. The zero-order valence-corrected chi connectivity index (χ0v) is 15.2. The quantitative estimate of drug-likeness (QED) is 0.397. The standard InChI is InChI=1S/C20H13F2N5O3/c21-13-3-6-15(7-4-13)26-20(25-9-1-2-10-25)16(12-23-26)19(28)24-14-5-8-17(22)18(11-14)27(29)30/h1-12H,(H,24,28). The third kappa shape index (κ3) is 3.53. The molecule has 0 spiro atoms. The van der Waals surface area contributed by atoms with Crippen LogP contribution < -0.4 is 5.32 Å². The summed E-state index contributed by atoms with van der Waals surface area (Å²) in [5.41, 5.74) is -0.0133. The number of nitro benzene ring substituents is 1. The number of hydrogen-bond acceptors (Lipinski definition) is 4. The Labute approximate surface area is 168 Å². The second kappa shape index (κ2) is 7.59. The van der Waals surface area contributed by atoms with Gasteiger partial charge in [-0.2, -0.15) is 9.49 Å². The van der Waals surface area contributed by atoms with Gasteiger partial charge in [0.15, 0.2) is 5.82 Å². The summed E-state index contributed by atoms with van der Waals surface area (Å²) in [7, 11) is 0. The van der Waals surface area contributed by atoms with Crippen LogP contribution in [-0.4, -0.2) is 25.2 Å². The number of nitrogens with one attached hydrogen (secondary N) is 1. The molecule has 8 nitrogen and oxygen atoms in total. The molecule has 10 heteroatoms. The molecule has 150 valence electrons. The van der Waals surface area contributed by atoms with Gasteiger partial charge in [-0.15, -0.1) is 0 Å². The van der Waals surface area contributed by atoms with Crippen molar-refractivity contribution in [1.29, 1.82) is 0 Å². The minimum Gasteiger partial charge on any atom is -0.322 e. The Morgan fingerprint density at radius 1 is 1.07 bits per heavy atom. The van der Waals surface area contributed by atoms with E-state index < -0.39 is 28.2 Å². The Bertz CT molecular complexity index is 1230. The molecule has 30 heavy (non-hydrogen) atoms. The average molecular weight is 409 g/mol. The van der Waals surface area contributed by atoms with E-state index >= 15 is 0 Å². The number of hydrogen-bond donors (Lipinski definition) is 1. The van der Waals surface area contributed by atoms with E-state index in [4.69, 9.17) is 0 Å². The van der Waals surface area contributed by atoms with Gasteiger partial charge in [0.2, 0.25) is 5.82 Å². The van der Waals surface area contributed by atoms with Crippen molar-refractivity contribution in [1.82, 2.24) is 14.3 Å². The molecular weight excluding hydrogens is 396 g/mol. The molecule has 1 amide bonds. The van der Waals surface area contributed by atoms with Crippen molar-refractivity contribution in [3.8, 4) is 11.5 Å². The van der Waals surface area contributed by atoms with Gasteiger partial charge in [-0.3, -0.25) is 14.9 Å². The van der Waals surface area contributed by atoms with Gasteiger partial charge in [0.25, 0.3) is 5.91 Å². The predicted molar refractivity (Wildman–Crippen MR) is 104 cm³/mol. The molecule has 2 aromatic carbocycles. The Hall–Kier alpha value is -4.34. The summed E-state index contributed by atoms with van der Waals surface area (Å²) in [5, 5.41) is 17.7. The smallest absolute Gasteiger partial charge is 0.306 e. The molecule has 0 atom stereocenters. The molecule has 0 fully saturated rings. The molecule has 0 aliphatic carbocycles. The molecule has 4 rings (SSSR count). The fourth-order valence-corrected chi connectivity index (χ4v) is 2.93. The van der Waals surface area contributed by atoms with Crippen molar-refractivity contribution >= 4 is 17.3 Å². The molecule has 0 radical (unpaired) electrons. The Balaban J connectivity index is 1.74. The van der Waals surface area contributed by atoms with Crippen LogP contribution in [0.4, 0.5) is 20.2 Å². The summed E-state index contributed by atoms with van der Waals surface area (Å²) < 4.78 is 30.0. The third-order valence-electron chi connectivity index (χ3n) is 4.31. The van der Waals surface area contributed by atoms with Gasteiger partial charge >= 0.3 is 5.69 Å². The van der Waals surface area contributed by atoms with Crippen LogP contribution in [0.5, 0.6) is 0 Å². The first-order valence-corrected chi connectivity index (χ1v) is 8.66. The maximum atomic E-state index is 13.6. The first kappa shape index (κ1) is 19.0. The summed E-state index contributed by atoms with van der Waals surface area (Å²) in [5.74, 6) is -1.65. The van der Waals surface area contributed by atoms with Gasteiger partial charge in [-0.1, -0.05) is 0 Å². The van der Waals surface area contributed by atoms with Crippen molar-refractivity contribution < 1.29 is 18.5 Å². The van der Waals surface area contributed by atoms with Gasteiger partial charge < -0.3 is 9.88 Å². The number of rotatable bonds is 5. The molecule has 0 aliphatic heterocycles. The predicted octanol–water partition coefficient (Wildman–Crippen LogP) is 4.10. The van der Waals surface area contributed by atoms with Crippen molar-refractivity contribution in [2.75, 3.05) is 5.32 Å². The third-order valence-corrected chi connectivity index (χ3v) is 4.31. The summed E-state index contributed by atoms with van der Waals surface area (Å²) in [6.07, 6.45) is 4.74. The summed E-state index contributed by atoms with van der Waals surface area (Å²) in [6.45, 7) is 0. The summed E-state index contributed by atoms with van der Waals surface area (Å²) in [4.78, 5) is 23.0. The van der Waals surface area contributed by atoms with E-state index in [-0.39, 0.29) is 11.3 Å². The van der Waals surface area contributed by atoms with Crippen LogP contribution in [0.3, 0.4) is 0 Å². The molecule has 4 aromatic rings. The van der Waals surface area contributed by atoms with Gasteiger partial charge in [0, 0.05) is 24.1 Å². The van der Waals surface area contributed by atoms with Crippen LogP contribution in [0.2, 0.25) is 0 Å². The van der Waals surface area contributed by atoms with Crippen molar-refractivity contribution in [3.05, 3.63) is 101 Å². The topological polar surface area (TPSA) is 95.0 Å². The maximum Gasteiger partial charge on any atom is 0.306 e. The van der Waals surface area contributed by atoms with E-state index in [1.165, 1.54) is 41.2 Å². The van der Waals surface area contributed by atoms with Crippen LogP contribution in [-0.2, 0) is 0 Å². The lowest BCUT2D eigenvalue weighted by atomic mass is 10.2. The Morgan fingerprint density at radius 2 is 1.77 bits per heavy atom. The normalized spacial score (nSPS) is 10.7. The minimum absolute atomic E-state index is 0.0566. The van der Waals surface area contributed by atoms with E-state index in [9.17, 15) is 23.7 Å². The second-order valence-corrected chi connectivity index (χ2v) is 6.24. The van der Waals surface area contributed by atoms with Crippen molar-refractivity contribution in [3.63, 3.8) is 0 Å². The van der Waals surface area contributed by atoms with Gasteiger partial charge in [-0.25, -0.2) is 9.07 Å².